The second-order valence-electron chi connectivity index (χ2n) is 3.10. The van der Waals surface area contributed by atoms with Crippen LogP contribution in [-0.4, -0.2) is 19.8 Å². The number of halogens is 1. The van der Waals surface area contributed by atoms with Crippen LogP contribution in [-0.2, 0) is 6.42 Å². The Balaban J connectivity index is 2.38. The van der Waals surface area contributed by atoms with Gasteiger partial charge in [0.05, 0.1) is 4.47 Å². The molecule has 0 aliphatic carbocycles. The lowest BCUT2D eigenvalue weighted by molar-refractivity contribution is 0.170. The third kappa shape index (κ3) is 1.72. The topological polar surface area (TPSA) is 44.5 Å². The normalized spacial score (nSPS) is 14.1. The predicted octanol–water partition coefficient (Wildman–Crippen LogP) is 1.72. The van der Waals surface area contributed by atoms with E-state index in [0.29, 0.717) is 19.8 Å². The van der Waals surface area contributed by atoms with Crippen molar-refractivity contribution < 1.29 is 9.47 Å². The summed E-state index contributed by atoms with van der Waals surface area (Å²) in [5.41, 5.74) is 6.68. The van der Waals surface area contributed by atoms with Crippen LogP contribution in [0.1, 0.15) is 5.56 Å². The molecule has 0 radical (unpaired) electrons. The van der Waals surface area contributed by atoms with Crippen molar-refractivity contribution in [2.75, 3.05) is 19.8 Å². The fraction of sp³-hybridized carbons (Fsp3) is 0.400. The van der Waals surface area contributed by atoms with Crippen molar-refractivity contribution in [3.8, 4) is 11.5 Å². The first kappa shape index (κ1) is 9.80. The Morgan fingerprint density at radius 1 is 1.29 bits per heavy atom. The molecule has 2 N–H and O–H groups in total. The van der Waals surface area contributed by atoms with Crippen molar-refractivity contribution in [2.24, 2.45) is 5.73 Å². The van der Waals surface area contributed by atoms with Crippen LogP contribution < -0.4 is 15.2 Å². The van der Waals surface area contributed by atoms with Crippen LogP contribution >= 0.6 is 15.9 Å². The molecule has 1 aromatic rings. The minimum absolute atomic E-state index is 0.609. The highest BCUT2D eigenvalue weighted by Crippen LogP contribution is 2.39. The van der Waals surface area contributed by atoms with Crippen LogP contribution in [0.5, 0.6) is 11.5 Å². The summed E-state index contributed by atoms with van der Waals surface area (Å²) in [6.45, 7) is 1.87. The van der Waals surface area contributed by atoms with E-state index in [1.165, 1.54) is 0 Å². The lowest BCUT2D eigenvalue weighted by Crippen LogP contribution is -2.16. The summed E-state index contributed by atoms with van der Waals surface area (Å²) in [7, 11) is 0. The Labute approximate surface area is 91.3 Å². The molecule has 0 bridgehead atoms. The van der Waals surface area contributed by atoms with Crippen molar-refractivity contribution >= 4 is 15.9 Å². The van der Waals surface area contributed by atoms with Gasteiger partial charge in [-0.2, -0.15) is 0 Å². The van der Waals surface area contributed by atoms with Crippen LogP contribution in [0, 0.1) is 0 Å². The Kier molecular flexibility index (Phi) is 2.93. The van der Waals surface area contributed by atoms with Crippen LogP contribution in [0.3, 0.4) is 0 Å². The summed E-state index contributed by atoms with van der Waals surface area (Å²) in [5.74, 6) is 1.62. The van der Waals surface area contributed by atoms with E-state index in [2.05, 4.69) is 15.9 Å². The number of nitrogens with two attached hydrogens (primary N) is 1. The molecule has 76 valence electrons. The van der Waals surface area contributed by atoms with Gasteiger partial charge >= 0.3 is 0 Å². The number of rotatable bonds is 2. The number of hydrogen-bond acceptors (Lipinski definition) is 3. The average molecular weight is 258 g/mol. The highest BCUT2D eigenvalue weighted by atomic mass is 79.9. The van der Waals surface area contributed by atoms with E-state index in [0.717, 1.165) is 28.0 Å². The highest BCUT2D eigenvalue weighted by molar-refractivity contribution is 9.10. The molecule has 2 rings (SSSR count). The monoisotopic (exact) mass is 257 g/mol. The van der Waals surface area contributed by atoms with E-state index in [9.17, 15) is 0 Å². The van der Waals surface area contributed by atoms with Gasteiger partial charge in [0.25, 0.3) is 0 Å². The lowest BCUT2D eigenvalue weighted by Gasteiger charge is -2.20. The molecule has 0 fully saturated rings. The molecule has 0 amide bonds. The van der Waals surface area contributed by atoms with Gasteiger partial charge in [-0.25, -0.2) is 0 Å². The van der Waals surface area contributed by atoms with Gasteiger partial charge in [0.2, 0.25) is 0 Å². The van der Waals surface area contributed by atoms with Gasteiger partial charge in [0.15, 0.2) is 11.5 Å². The summed E-state index contributed by atoms with van der Waals surface area (Å²) < 4.78 is 12.0. The molecule has 0 aromatic heterocycles. The fourth-order valence-electron chi connectivity index (χ4n) is 1.47. The van der Waals surface area contributed by atoms with E-state index in [-0.39, 0.29) is 0 Å². The molecule has 4 heteroatoms. The van der Waals surface area contributed by atoms with Gasteiger partial charge in [-0.1, -0.05) is 6.07 Å². The molecular weight excluding hydrogens is 246 g/mol. The molecule has 0 saturated carbocycles. The molecule has 0 spiro atoms. The van der Waals surface area contributed by atoms with E-state index in [1.807, 2.05) is 12.1 Å². The number of ether oxygens (including phenoxy) is 2. The molecule has 1 aliphatic heterocycles. The summed E-state index contributed by atoms with van der Waals surface area (Å²) in [6, 6.07) is 3.95. The van der Waals surface area contributed by atoms with E-state index < -0.39 is 0 Å². The molecule has 0 atom stereocenters. The maximum absolute atomic E-state index is 5.53. The Morgan fingerprint density at radius 3 is 2.86 bits per heavy atom. The van der Waals surface area contributed by atoms with Crippen LogP contribution in [0.4, 0.5) is 0 Å². The van der Waals surface area contributed by atoms with Gasteiger partial charge in [-0.3, -0.25) is 0 Å². The van der Waals surface area contributed by atoms with Gasteiger partial charge < -0.3 is 15.2 Å². The maximum Gasteiger partial charge on any atom is 0.175 e. The maximum atomic E-state index is 5.53. The Bertz CT molecular complexity index is 341. The largest absolute Gasteiger partial charge is 0.486 e. The van der Waals surface area contributed by atoms with Crippen LogP contribution in [0.25, 0.3) is 0 Å². The molecule has 1 heterocycles. The van der Waals surface area contributed by atoms with Gasteiger partial charge in [-0.05, 0) is 40.5 Å². The standard InChI is InChI=1S/C10H12BrNO2/c11-9-7(3-4-12)1-2-8-10(9)14-6-5-13-8/h1-2H,3-6,12H2. The Hall–Kier alpha value is -0.740. The van der Waals surface area contributed by atoms with Gasteiger partial charge in [0.1, 0.15) is 13.2 Å². The summed E-state index contributed by atoms with van der Waals surface area (Å²) in [6.07, 6.45) is 0.844. The fourth-order valence-corrected chi connectivity index (χ4v) is 2.11. The smallest absolute Gasteiger partial charge is 0.175 e. The molecule has 1 aliphatic rings. The van der Waals surface area contributed by atoms with Gasteiger partial charge in [-0.15, -0.1) is 0 Å². The molecule has 3 nitrogen and oxygen atoms in total. The number of hydrogen-bond donors (Lipinski definition) is 1. The Morgan fingerprint density at radius 2 is 2.07 bits per heavy atom. The van der Waals surface area contributed by atoms with Crippen molar-refractivity contribution in [3.05, 3.63) is 22.2 Å². The van der Waals surface area contributed by atoms with E-state index in [4.69, 9.17) is 15.2 Å². The minimum Gasteiger partial charge on any atom is -0.486 e. The van der Waals surface area contributed by atoms with E-state index >= 15 is 0 Å². The quantitative estimate of drug-likeness (QED) is 0.878. The molecule has 0 unspecified atom stereocenters. The third-order valence-corrected chi connectivity index (χ3v) is 3.01. The average Bonchev–Trinajstić information content (AvgIpc) is 2.23. The molecule has 14 heavy (non-hydrogen) atoms. The second kappa shape index (κ2) is 4.19. The summed E-state index contributed by atoms with van der Waals surface area (Å²) in [5, 5.41) is 0. The molecule has 0 saturated heterocycles. The zero-order chi connectivity index (χ0) is 9.97. The van der Waals surface area contributed by atoms with Crippen molar-refractivity contribution in [1.29, 1.82) is 0 Å². The van der Waals surface area contributed by atoms with Crippen LogP contribution in [0.2, 0.25) is 0 Å². The second-order valence-corrected chi connectivity index (χ2v) is 3.89. The van der Waals surface area contributed by atoms with E-state index in [1.54, 1.807) is 0 Å². The molecular formula is C10H12BrNO2. The summed E-state index contributed by atoms with van der Waals surface area (Å²) in [4.78, 5) is 0. The van der Waals surface area contributed by atoms with Crippen LogP contribution in [0.15, 0.2) is 16.6 Å². The SMILES string of the molecule is NCCc1ccc2c(c1Br)OCCO2. The number of fused-ring (bicyclic) bond motifs is 1. The van der Waals surface area contributed by atoms with Crippen molar-refractivity contribution in [2.45, 2.75) is 6.42 Å². The number of benzene rings is 1. The first-order valence-electron chi connectivity index (χ1n) is 4.60. The molecule has 1 aromatic carbocycles. The van der Waals surface area contributed by atoms with Crippen molar-refractivity contribution in [1.82, 2.24) is 0 Å². The first-order valence-corrected chi connectivity index (χ1v) is 5.39. The predicted molar refractivity (Wildman–Crippen MR) is 57.9 cm³/mol. The third-order valence-electron chi connectivity index (χ3n) is 2.14. The first-order chi connectivity index (χ1) is 6.83. The van der Waals surface area contributed by atoms with Gasteiger partial charge in [0, 0.05) is 0 Å². The minimum atomic E-state index is 0.609. The lowest BCUT2D eigenvalue weighted by atomic mass is 10.1. The van der Waals surface area contributed by atoms with Crippen molar-refractivity contribution in [3.63, 3.8) is 0 Å². The highest BCUT2D eigenvalue weighted by Gasteiger charge is 2.16. The zero-order valence-corrected chi connectivity index (χ0v) is 9.34. The summed E-state index contributed by atoms with van der Waals surface area (Å²) >= 11 is 3.51. The zero-order valence-electron chi connectivity index (χ0n) is 7.75.